The third-order valence-corrected chi connectivity index (χ3v) is 4.17. The molecule has 0 bridgehead atoms. The molecule has 2 aromatic rings. The lowest BCUT2D eigenvalue weighted by atomic mass is 9.94. The van der Waals surface area contributed by atoms with Crippen LogP contribution in [-0.4, -0.2) is 18.9 Å². The van der Waals surface area contributed by atoms with Crippen molar-refractivity contribution in [2.24, 2.45) is 5.92 Å². The van der Waals surface area contributed by atoms with Crippen molar-refractivity contribution in [2.45, 2.75) is 19.4 Å². The highest BCUT2D eigenvalue weighted by atomic mass is 16.5. The summed E-state index contributed by atoms with van der Waals surface area (Å²) >= 11 is 0. The van der Waals surface area contributed by atoms with Crippen molar-refractivity contribution in [2.75, 3.05) is 13.1 Å². The average molecular weight is 295 g/mol. The third kappa shape index (κ3) is 3.20. The Labute approximate surface area is 131 Å². The first kappa shape index (κ1) is 14.8. The van der Waals surface area contributed by atoms with Crippen LogP contribution in [0.1, 0.15) is 35.4 Å². The lowest BCUT2D eigenvalue weighted by Crippen LogP contribution is -2.22. The van der Waals surface area contributed by atoms with Crippen LogP contribution in [-0.2, 0) is 0 Å². The molecule has 1 fully saturated rings. The SMILES string of the molecule is CC(=O)c1ccccc1O[C@H](c1ccccc1)[C@@H]1CCNC1. The van der Waals surface area contributed by atoms with Gasteiger partial charge in [0.2, 0.25) is 0 Å². The molecule has 1 aliphatic heterocycles. The van der Waals surface area contributed by atoms with Crippen molar-refractivity contribution in [1.82, 2.24) is 5.32 Å². The fourth-order valence-electron chi connectivity index (χ4n) is 3.01. The van der Waals surface area contributed by atoms with Crippen LogP contribution in [0.5, 0.6) is 5.75 Å². The minimum Gasteiger partial charge on any atom is -0.485 e. The van der Waals surface area contributed by atoms with Crippen molar-refractivity contribution < 1.29 is 9.53 Å². The highest BCUT2D eigenvalue weighted by molar-refractivity contribution is 5.96. The zero-order chi connectivity index (χ0) is 15.4. The van der Waals surface area contributed by atoms with Crippen molar-refractivity contribution in [3.63, 3.8) is 0 Å². The summed E-state index contributed by atoms with van der Waals surface area (Å²) < 4.78 is 6.32. The Hall–Kier alpha value is -2.13. The Bertz CT molecular complexity index is 633. The number of hydrogen-bond donors (Lipinski definition) is 1. The molecule has 3 rings (SSSR count). The standard InChI is InChI=1S/C19H21NO2/c1-14(21)17-9-5-6-10-18(17)22-19(16-11-12-20-13-16)15-7-3-2-4-8-15/h2-10,16,19-20H,11-13H2,1H3/t16-,19-/m1/s1. The van der Waals surface area contributed by atoms with Gasteiger partial charge >= 0.3 is 0 Å². The average Bonchev–Trinajstić information content (AvgIpc) is 3.08. The van der Waals surface area contributed by atoms with Gasteiger partial charge in [-0.2, -0.15) is 0 Å². The fourth-order valence-corrected chi connectivity index (χ4v) is 3.01. The summed E-state index contributed by atoms with van der Waals surface area (Å²) in [7, 11) is 0. The summed E-state index contributed by atoms with van der Waals surface area (Å²) in [5.74, 6) is 1.13. The quantitative estimate of drug-likeness (QED) is 0.856. The summed E-state index contributed by atoms with van der Waals surface area (Å²) in [6.07, 6.45) is 1.05. The van der Waals surface area contributed by atoms with Crippen molar-refractivity contribution in [3.05, 3.63) is 65.7 Å². The first-order chi connectivity index (χ1) is 10.8. The molecular weight excluding hydrogens is 274 g/mol. The topological polar surface area (TPSA) is 38.3 Å². The van der Waals surface area contributed by atoms with E-state index in [9.17, 15) is 4.79 Å². The van der Waals surface area contributed by atoms with Crippen LogP contribution in [0.4, 0.5) is 0 Å². The molecule has 0 spiro atoms. The van der Waals surface area contributed by atoms with Gasteiger partial charge in [0.25, 0.3) is 0 Å². The Morgan fingerprint density at radius 1 is 1.14 bits per heavy atom. The van der Waals surface area contributed by atoms with E-state index in [0.29, 0.717) is 17.2 Å². The minimum absolute atomic E-state index is 0.0308. The number of Topliss-reactive ketones (excluding diaryl/α,β-unsaturated/α-hetero) is 1. The maximum Gasteiger partial charge on any atom is 0.163 e. The summed E-state index contributed by atoms with van der Waals surface area (Å²) in [6, 6.07) is 17.8. The predicted octanol–water partition coefficient (Wildman–Crippen LogP) is 3.62. The number of benzene rings is 2. The first-order valence-electron chi connectivity index (χ1n) is 7.78. The molecule has 3 heteroatoms. The zero-order valence-corrected chi connectivity index (χ0v) is 12.8. The summed E-state index contributed by atoms with van der Waals surface area (Å²) in [6.45, 7) is 3.55. The van der Waals surface area contributed by atoms with Crippen LogP contribution in [0, 0.1) is 5.92 Å². The molecule has 22 heavy (non-hydrogen) atoms. The smallest absolute Gasteiger partial charge is 0.163 e. The minimum atomic E-state index is -0.0308. The van der Waals surface area contributed by atoms with Gasteiger partial charge in [-0.05, 0) is 37.6 Å². The first-order valence-corrected chi connectivity index (χ1v) is 7.78. The van der Waals surface area contributed by atoms with Gasteiger partial charge in [0, 0.05) is 12.5 Å². The van der Waals surface area contributed by atoms with Gasteiger partial charge in [0.1, 0.15) is 11.9 Å². The van der Waals surface area contributed by atoms with Crippen molar-refractivity contribution in [1.29, 1.82) is 0 Å². The van der Waals surface area contributed by atoms with E-state index in [1.54, 1.807) is 6.92 Å². The Morgan fingerprint density at radius 2 is 1.86 bits per heavy atom. The van der Waals surface area contributed by atoms with E-state index in [-0.39, 0.29) is 11.9 Å². The van der Waals surface area contributed by atoms with Crippen LogP contribution in [0.3, 0.4) is 0 Å². The Morgan fingerprint density at radius 3 is 2.55 bits per heavy atom. The van der Waals surface area contributed by atoms with Gasteiger partial charge in [-0.3, -0.25) is 4.79 Å². The maximum absolute atomic E-state index is 11.8. The van der Waals surface area contributed by atoms with E-state index in [0.717, 1.165) is 25.1 Å². The molecule has 1 heterocycles. The normalized spacial score (nSPS) is 18.9. The van der Waals surface area contributed by atoms with Gasteiger partial charge in [0.15, 0.2) is 5.78 Å². The van der Waals surface area contributed by atoms with E-state index in [4.69, 9.17) is 4.74 Å². The summed E-state index contributed by atoms with van der Waals surface area (Å²) in [4.78, 5) is 11.8. The van der Waals surface area contributed by atoms with Crippen LogP contribution in [0.15, 0.2) is 54.6 Å². The third-order valence-electron chi connectivity index (χ3n) is 4.17. The summed E-state index contributed by atoms with van der Waals surface area (Å²) in [5.41, 5.74) is 1.81. The van der Waals surface area contributed by atoms with E-state index in [1.807, 2.05) is 42.5 Å². The molecular formula is C19H21NO2. The molecule has 1 saturated heterocycles. The van der Waals surface area contributed by atoms with Gasteiger partial charge in [-0.15, -0.1) is 0 Å². The number of ketones is 1. The van der Waals surface area contributed by atoms with Crippen LogP contribution < -0.4 is 10.1 Å². The van der Waals surface area contributed by atoms with Crippen LogP contribution in [0.2, 0.25) is 0 Å². The highest BCUT2D eigenvalue weighted by Gasteiger charge is 2.28. The van der Waals surface area contributed by atoms with Gasteiger partial charge in [-0.1, -0.05) is 42.5 Å². The molecule has 0 aliphatic carbocycles. The number of carbonyl (C=O) groups is 1. The molecule has 0 radical (unpaired) electrons. The van der Waals surface area contributed by atoms with Crippen LogP contribution in [0.25, 0.3) is 0 Å². The van der Waals surface area contributed by atoms with Crippen molar-refractivity contribution >= 4 is 5.78 Å². The Kier molecular flexibility index (Phi) is 4.54. The predicted molar refractivity (Wildman–Crippen MR) is 87.2 cm³/mol. The lowest BCUT2D eigenvalue weighted by Gasteiger charge is -2.25. The lowest BCUT2D eigenvalue weighted by molar-refractivity contribution is 0.0997. The fraction of sp³-hybridized carbons (Fsp3) is 0.316. The van der Waals surface area contributed by atoms with Crippen LogP contribution >= 0.6 is 0 Å². The number of ether oxygens (including phenoxy) is 1. The molecule has 2 aromatic carbocycles. The number of nitrogens with one attached hydrogen (secondary N) is 1. The number of rotatable bonds is 5. The van der Waals surface area contributed by atoms with E-state index in [2.05, 4.69) is 17.4 Å². The molecule has 114 valence electrons. The molecule has 0 amide bonds. The molecule has 1 N–H and O–H groups in total. The van der Waals surface area contributed by atoms with Gasteiger partial charge in [-0.25, -0.2) is 0 Å². The van der Waals surface area contributed by atoms with E-state index >= 15 is 0 Å². The molecule has 3 nitrogen and oxygen atoms in total. The molecule has 0 unspecified atom stereocenters. The maximum atomic E-state index is 11.8. The van der Waals surface area contributed by atoms with Gasteiger partial charge in [0.05, 0.1) is 5.56 Å². The largest absolute Gasteiger partial charge is 0.485 e. The second kappa shape index (κ2) is 6.75. The van der Waals surface area contributed by atoms with E-state index in [1.165, 1.54) is 0 Å². The molecule has 2 atom stereocenters. The van der Waals surface area contributed by atoms with Crippen molar-refractivity contribution in [3.8, 4) is 5.75 Å². The highest BCUT2D eigenvalue weighted by Crippen LogP contribution is 2.33. The second-order valence-electron chi connectivity index (χ2n) is 5.75. The number of carbonyl (C=O) groups excluding carboxylic acids is 1. The second-order valence-corrected chi connectivity index (χ2v) is 5.75. The summed E-state index contributed by atoms with van der Waals surface area (Å²) in [5, 5.41) is 3.40. The molecule has 0 saturated carbocycles. The number of para-hydroxylation sites is 1. The molecule has 1 aliphatic rings. The zero-order valence-electron chi connectivity index (χ0n) is 12.8. The Balaban J connectivity index is 1.92. The number of hydrogen-bond acceptors (Lipinski definition) is 3. The van der Waals surface area contributed by atoms with Gasteiger partial charge < -0.3 is 10.1 Å². The monoisotopic (exact) mass is 295 g/mol. The molecule has 0 aromatic heterocycles. The van der Waals surface area contributed by atoms with E-state index < -0.39 is 0 Å².